The number of carboxylic acid groups (broad SMARTS) is 1. The fraction of sp³-hybridized carbons (Fsp3) is 0.417. The highest BCUT2D eigenvalue weighted by Gasteiger charge is 2.19. The number of carboxylic acids is 1. The number of aliphatic carboxylic acids is 1. The van der Waals surface area contributed by atoms with Crippen LogP contribution in [0.3, 0.4) is 0 Å². The predicted octanol–water partition coefficient (Wildman–Crippen LogP) is 2.78. The van der Waals surface area contributed by atoms with E-state index in [1.807, 2.05) is 24.3 Å². The fourth-order valence-electron chi connectivity index (χ4n) is 1.62. The molecule has 0 aliphatic rings. The van der Waals surface area contributed by atoms with Crippen LogP contribution in [0.5, 0.6) is 0 Å². The van der Waals surface area contributed by atoms with Crippen LogP contribution in [0.25, 0.3) is 0 Å². The van der Waals surface area contributed by atoms with Gasteiger partial charge in [0.05, 0.1) is 5.92 Å². The quantitative estimate of drug-likeness (QED) is 0.791. The standard InChI is InChI=1S/C12H15BrO3/c13-10-5-3-4-9(8-10)11(12(15)16)6-1-2-7-14/h3-5,8,11,14H,1-2,6-7H2,(H,15,16). The van der Waals surface area contributed by atoms with E-state index >= 15 is 0 Å². The van der Waals surface area contributed by atoms with Gasteiger partial charge in [0, 0.05) is 11.1 Å². The number of unbranched alkanes of at least 4 members (excludes halogenated alkanes) is 1. The second kappa shape index (κ2) is 6.66. The van der Waals surface area contributed by atoms with Crippen LogP contribution in [0.15, 0.2) is 28.7 Å². The summed E-state index contributed by atoms with van der Waals surface area (Å²) in [6, 6.07) is 7.36. The first kappa shape index (κ1) is 13.2. The number of rotatable bonds is 6. The third kappa shape index (κ3) is 3.94. The van der Waals surface area contributed by atoms with E-state index in [1.54, 1.807) is 0 Å². The largest absolute Gasteiger partial charge is 0.481 e. The minimum absolute atomic E-state index is 0.116. The Hall–Kier alpha value is -0.870. The minimum atomic E-state index is -0.809. The van der Waals surface area contributed by atoms with E-state index in [1.165, 1.54) is 0 Å². The summed E-state index contributed by atoms with van der Waals surface area (Å²) in [6.45, 7) is 0.116. The average molecular weight is 287 g/mol. The number of carbonyl (C=O) groups is 1. The summed E-state index contributed by atoms with van der Waals surface area (Å²) in [6.07, 6.45) is 1.93. The molecule has 0 heterocycles. The highest BCUT2D eigenvalue weighted by Crippen LogP contribution is 2.24. The maximum atomic E-state index is 11.1. The molecule has 0 aliphatic heterocycles. The number of aliphatic hydroxyl groups is 1. The molecule has 4 heteroatoms. The fourth-order valence-corrected chi connectivity index (χ4v) is 2.03. The molecule has 88 valence electrons. The molecule has 1 aromatic rings. The Morgan fingerprint density at radius 3 is 2.69 bits per heavy atom. The first-order valence-electron chi connectivity index (χ1n) is 5.24. The maximum Gasteiger partial charge on any atom is 0.310 e. The Labute approximate surface area is 103 Å². The highest BCUT2D eigenvalue weighted by atomic mass is 79.9. The van der Waals surface area contributed by atoms with Crippen molar-refractivity contribution >= 4 is 21.9 Å². The molecule has 1 aromatic carbocycles. The molecular formula is C12H15BrO3. The average Bonchev–Trinajstić information content (AvgIpc) is 2.24. The molecule has 0 amide bonds. The van der Waals surface area contributed by atoms with Crippen molar-refractivity contribution < 1.29 is 15.0 Å². The van der Waals surface area contributed by atoms with Crippen molar-refractivity contribution in [2.45, 2.75) is 25.2 Å². The first-order chi connectivity index (χ1) is 7.65. The molecule has 0 saturated heterocycles. The van der Waals surface area contributed by atoms with Crippen molar-refractivity contribution in [2.75, 3.05) is 6.61 Å². The number of hydrogen-bond donors (Lipinski definition) is 2. The molecule has 1 rings (SSSR count). The number of halogens is 1. The van der Waals surface area contributed by atoms with Crippen LogP contribution in [0.2, 0.25) is 0 Å². The molecule has 3 nitrogen and oxygen atoms in total. The predicted molar refractivity (Wildman–Crippen MR) is 65.5 cm³/mol. The topological polar surface area (TPSA) is 57.5 Å². The Balaban J connectivity index is 2.73. The van der Waals surface area contributed by atoms with Crippen molar-refractivity contribution in [1.82, 2.24) is 0 Å². The molecule has 0 fully saturated rings. The van der Waals surface area contributed by atoms with E-state index < -0.39 is 11.9 Å². The summed E-state index contributed by atoms with van der Waals surface area (Å²) >= 11 is 3.33. The zero-order valence-corrected chi connectivity index (χ0v) is 10.5. The van der Waals surface area contributed by atoms with Gasteiger partial charge in [0.15, 0.2) is 0 Å². The van der Waals surface area contributed by atoms with Gasteiger partial charge in [-0.25, -0.2) is 0 Å². The molecule has 0 spiro atoms. The van der Waals surface area contributed by atoms with Crippen molar-refractivity contribution in [2.24, 2.45) is 0 Å². The van der Waals surface area contributed by atoms with Gasteiger partial charge in [0.2, 0.25) is 0 Å². The van der Waals surface area contributed by atoms with Crippen LogP contribution in [0, 0.1) is 0 Å². The van der Waals surface area contributed by atoms with E-state index in [4.69, 9.17) is 10.2 Å². The lowest BCUT2D eigenvalue weighted by molar-refractivity contribution is -0.139. The molecule has 16 heavy (non-hydrogen) atoms. The summed E-state index contributed by atoms with van der Waals surface area (Å²) in [7, 11) is 0. The number of benzene rings is 1. The van der Waals surface area contributed by atoms with Crippen molar-refractivity contribution in [3.8, 4) is 0 Å². The summed E-state index contributed by atoms with van der Waals surface area (Å²) < 4.78 is 0.887. The van der Waals surface area contributed by atoms with E-state index in [9.17, 15) is 4.79 Å². The molecule has 0 saturated carbocycles. The van der Waals surface area contributed by atoms with Gasteiger partial charge in [0.1, 0.15) is 0 Å². The summed E-state index contributed by atoms with van der Waals surface area (Å²) in [5, 5.41) is 17.8. The van der Waals surface area contributed by atoms with Crippen molar-refractivity contribution in [3.63, 3.8) is 0 Å². The second-order valence-electron chi connectivity index (χ2n) is 3.67. The van der Waals surface area contributed by atoms with Crippen LogP contribution in [-0.2, 0) is 4.79 Å². The normalized spacial score (nSPS) is 12.4. The van der Waals surface area contributed by atoms with Gasteiger partial charge in [-0.2, -0.15) is 0 Å². The third-order valence-electron chi connectivity index (χ3n) is 2.45. The van der Waals surface area contributed by atoms with Gasteiger partial charge in [-0.1, -0.05) is 28.1 Å². The SMILES string of the molecule is O=C(O)C(CCCCO)c1cccc(Br)c1. The Morgan fingerprint density at radius 1 is 1.38 bits per heavy atom. The number of hydrogen-bond acceptors (Lipinski definition) is 2. The lowest BCUT2D eigenvalue weighted by Gasteiger charge is -2.12. The Bertz CT molecular complexity index is 352. The van der Waals surface area contributed by atoms with E-state index in [0.717, 1.165) is 16.5 Å². The van der Waals surface area contributed by atoms with E-state index in [-0.39, 0.29) is 6.61 Å². The zero-order valence-electron chi connectivity index (χ0n) is 8.90. The van der Waals surface area contributed by atoms with Gasteiger partial charge >= 0.3 is 5.97 Å². The highest BCUT2D eigenvalue weighted by molar-refractivity contribution is 9.10. The maximum absolute atomic E-state index is 11.1. The summed E-state index contributed by atoms with van der Waals surface area (Å²) in [5.74, 6) is -1.29. The molecular weight excluding hydrogens is 272 g/mol. The van der Waals surface area contributed by atoms with Gasteiger partial charge in [-0.3, -0.25) is 4.79 Å². The monoisotopic (exact) mass is 286 g/mol. The van der Waals surface area contributed by atoms with Crippen molar-refractivity contribution in [3.05, 3.63) is 34.3 Å². The second-order valence-corrected chi connectivity index (χ2v) is 4.58. The molecule has 0 bridgehead atoms. The van der Waals surface area contributed by atoms with E-state index in [2.05, 4.69) is 15.9 Å². The Morgan fingerprint density at radius 2 is 2.12 bits per heavy atom. The molecule has 1 atom stereocenters. The lowest BCUT2D eigenvalue weighted by atomic mass is 9.94. The van der Waals surface area contributed by atoms with Gasteiger partial charge < -0.3 is 10.2 Å². The van der Waals surface area contributed by atoms with E-state index in [0.29, 0.717) is 12.8 Å². The molecule has 0 radical (unpaired) electrons. The van der Waals surface area contributed by atoms with Gasteiger partial charge in [-0.15, -0.1) is 0 Å². The molecule has 0 aliphatic carbocycles. The number of aliphatic hydroxyl groups excluding tert-OH is 1. The van der Waals surface area contributed by atoms with Crippen LogP contribution in [-0.4, -0.2) is 22.8 Å². The molecule has 2 N–H and O–H groups in total. The molecule has 1 unspecified atom stereocenters. The van der Waals surface area contributed by atoms with Crippen LogP contribution >= 0.6 is 15.9 Å². The van der Waals surface area contributed by atoms with Gasteiger partial charge in [-0.05, 0) is 37.0 Å². The first-order valence-corrected chi connectivity index (χ1v) is 6.03. The van der Waals surface area contributed by atoms with Crippen molar-refractivity contribution in [1.29, 1.82) is 0 Å². The van der Waals surface area contributed by atoms with Gasteiger partial charge in [0.25, 0.3) is 0 Å². The summed E-state index contributed by atoms with van der Waals surface area (Å²) in [4.78, 5) is 11.1. The smallest absolute Gasteiger partial charge is 0.310 e. The lowest BCUT2D eigenvalue weighted by Crippen LogP contribution is -2.11. The van der Waals surface area contributed by atoms with Crippen LogP contribution in [0.1, 0.15) is 30.7 Å². The molecule has 0 aromatic heterocycles. The Kier molecular flexibility index (Phi) is 5.49. The summed E-state index contributed by atoms with van der Waals surface area (Å²) in [5.41, 5.74) is 0.805. The third-order valence-corrected chi connectivity index (χ3v) is 2.94. The van der Waals surface area contributed by atoms with Crippen LogP contribution in [0.4, 0.5) is 0 Å². The van der Waals surface area contributed by atoms with Crippen LogP contribution < -0.4 is 0 Å². The minimum Gasteiger partial charge on any atom is -0.481 e. The zero-order chi connectivity index (χ0) is 12.0.